The first-order valence-electron chi connectivity index (χ1n) is 11.0. The number of nitrogens with one attached hydrogen (secondary N) is 2. The first kappa shape index (κ1) is 25.3. The highest BCUT2D eigenvalue weighted by Gasteiger charge is 2.17. The molecule has 0 aliphatic heterocycles. The van der Waals surface area contributed by atoms with Crippen LogP contribution in [0.15, 0.2) is 64.8 Å². The van der Waals surface area contributed by atoms with Gasteiger partial charge in [-0.2, -0.15) is 0 Å². The van der Waals surface area contributed by atoms with Crippen LogP contribution < -0.4 is 10.0 Å². The summed E-state index contributed by atoms with van der Waals surface area (Å²) in [6.45, 7) is 6.04. The van der Waals surface area contributed by atoms with Gasteiger partial charge in [-0.3, -0.25) is 14.5 Å². The Labute approximate surface area is 212 Å². The van der Waals surface area contributed by atoms with Gasteiger partial charge in [-0.1, -0.05) is 17.8 Å². The van der Waals surface area contributed by atoms with E-state index in [4.69, 9.17) is 0 Å². The van der Waals surface area contributed by atoms with Crippen LogP contribution in [-0.2, 0) is 21.4 Å². The normalized spacial score (nSPS) is 11.3. The van der Waals surface area contributed by atoms with E-state index in [1.165, 1.54) is 36.0 Å². The van der Waals surface area contributed by atoms with E-state index >= 15 is 0 Å². The molecule has 186 valence electrons. The van der Waals surface area contributed by atoms with Gasteiger partial charge < -0.3 is 9.88 Å². The Hall–Kier alpha value is -3.84. The van der Waals surface area contributed by atoms with Gasteiger partial charge in [-0.05, 0) is 57.2 Å². The maximum absolute atomic E-state index is 12.7. The number of hydrogen-bond acceptors (Lipinski definition) is 9. The van der Waals surface area contributed by atoms with Crippen LogP contribution in [0.1, 0.15) is 18.4 Å². The highest BCUT2D eigenvalue weighted by molar-refractivity contribution is 7.99. The number of aromatic nitrogens is 6. The van der Waals surface area contributed by atoms with E-state index in [1.807, 2.05) is 29.7 Å². The third kappa shape index (κ3) is 6.04. The highest BCUT2D eigenvalue weighted by atomic mass is 32.2. The predicted molar refractivity (Wildman–Crippen MR) is 137 cm³/mol. The third-order valence-electron chi connectivity index (χ3n) is 4.91. The number of anilines is 2. The molecular formula is C23H24N8O3S2. The topological polar surface area (TPSA) is 145 Å². The van der Waals surface area contributed by atoms with Crippen molar-refractivity contribution in [1.82, 2.24) is 29.7 Å². The number of carbonyl (C=O) groups is 1. The molecule has 0 bridgehead atoms. The molecule has 0 saturated heterocycles. The van der Waals surface area contributed by atoms with Crippen molar-refractivity contribution in [3.8, 4) is 11.5 Å². The van der Waals surface area contributed by atoms with Gasteiger partial charge in [0.2, 0.25) is 5.91 Å². The summed E-state index contributed by atoms with van der Waals surface area (Å²) in [5.41, 5.74) is 1.83. The molecule has 11 nitrogen and oxygen atoms in total. The van der Waals surface area contributed by atoms with Crippen molar-refractivity contribution >= 4 is 39.2 Å². The zero-order valence-electron chi connectivity index (χ0n) is 19.8. The Kier molecular flexibility index (Phi) is 7.60. The van der Waals surface area contributed by atoms with Gasteiger partial charge in [-0.25, -0.2) is 18.4 Å². The second-order valence-electron chi connectivity index (χ2n) is 7.67. The first-order chi connectivity index (χ1) is 17.2. The SMILES string of the molecule is CCn1c(SCC(=O)Nc2ccc(S(=O)(=O)Nc3cc(C)nc(C)n3)cc2)nnc1-c1ccccn1. The number of hydrogen-bond donors (Lipinski definition) is 2. The number of carbonyl (C=O) groups excluding carboxylic acids is 1. The van der Waals surface area contributed by atoms with E-state index < -0.39 is 10.0 Å². The van der Waals surface area contributed by atoms with Gasteiger partial charge in [-0.15, -0.1) is 10.2 Å². The number of thioether (sulfide) groups is 1. The highest BCUT2D eigenvalue weighted by Crippen LogP contribution is 2.23. The molecule has 0 saturated carbocycles. The fourth-order valence-electron chi connectivity index (χ4n) is 3.38. The van der Waals surface area contributed by atoms with Crippen molar-refractivity contribution < 1.29 is 13.2 Å². The van der Waals surface area contributed by atoms with Crippen LogP contribution in [-0.4, -0.2) is 49.8 Å². The lowest BCUT2D eigenvalue weighted by Crippen LogP contribution is -2.16. The lowest BCUT2D eigenvalue weighted by Gasteiger charge is -2.10. The summed E-state index contributed by atoms with van der Waals surface area (Å²) >= 11 is 1.26. The fourth-order valence-corrected chi connectivity index (χ4v) is 5.17. The van der Waals surface area contributed by atoms with Crippen LogP contribution in [0.2, 0.25) is 0 Å². The minimum atomic E-state index is -3.85. The minimum absolute atomic E-state index is 0.0434. The minimum Gasteiger partial charge on any atom is -0.325 e. The van der Waals surface area contributed by atoms with E-state index in [0.29, 0.717) is 40.4 Å². The smallest absolute Gasteiger partial charge is 0.263 e. The van der Waals surface area contributed by atoms with Crippen LogP contribution in [0.3, 0.4) is 0 Å². The van der Waals surface area contributed by atoms with Crippen molar-refractivity contribution in [2.75, 3.05) is 15.8 Å². The summed E-state index contributed by atoms with van der Waals surface area (Å²) in [5, 5.41) is 11.8. The molecule has 1 amide bonds. The largest absolute Gasteiger partial charge is 0.325 e. The van der Waals surface area contributed by atoms with E-state index in [0.717, 1.165) is 0 Å². The summed E-state index contributed by atoms with van der Waals surface area (Å²) in [5.74, 6) is 1.15. The number of amides is 1. The molecule has 1 aromatic carbocycles. The number of rotatable bonds is 9. The molecule has 36 heavy (non-hydrogen) atoms. The number of sulfonamides is 1. The van der Waals surface area contributed by atoms with Gasteiger partial charge in [0.15, 0.2) is 11.0 Å². The molecule has 13 heteroatoms. The van der Waals surface area contributed by atoms with Crippen LogP contribution in [0.25, 0.3) is 11.5 Å². The molecular weight excluding hydrogens is 500 g/mol. The van der Waals surface area contributed by atoms with E-state index in [-0.39, 0.29) is 22.4 Å². The molecule has 3 heterocycles. The Morgan fingerprint density at radius 3 is 2.50 bits per heavy atom. The molecule has 3 aromatic heterocycles. The Balaban J connectivity index is 1.37. The molecule has 0 aliphatic carbocycles. The van der Waals surface area contributed by atoms with Crippen LogP contribution in [0.5, 0.6) is 0 Å². The molecule has 0 radical (unpaired) electrons. The van der Waals surface area contributed by atoms with Gasteiger partial charge in [0.05, 0.1) is 10.6 Å². The quantitative estimate of drug-likeness (QED) is 0.315. The second kappa shape index (κ2) is 10.8. The standard InChI is InChI=1S/C23H24N8O3S2/c1-4-31-22(19-7-5-6-12-24-19)28-29-23(31)35-14-21(32)27-17-8-10-18(11-9-17)36(33,34)30-20-13-15(2)25-16(3)26-20/h5-13H,4,14H2,1-3H3,(H,27,32)(H,25,26,30). The zero-order valence-corrected chi connectivity index (χ0v) is 21.5. The lowest BCUT2D eigenvalue weighted by molar-refractivity contribution is -0.113. The van der Waals surface area contributed by atoms with E-state index in [2.05, 4.69) is 35.2 Å². The average molecular weight is 525 g/mol. The zero-order chi connectivity index (χ0) is 25.7. The molecule has 2 N–H and O–H groups in total. The number of nitrogens with zero attached hydrogens (tertiary/aromatic N) is 6. The molecule has 0 aliphatic rings. The van der Waals surface area contributed by atoms with Crippen molar-refractivity contribution in [3.05, 3.63) is 66.2 Å². The second-order valence-corrected chi connectivity index (χ2v) is 10.3. The maximum Gasteiger partial charge on any atom is 0.263 e. The first-order valence-corrected chi connectivity index (χ1v) is 13.4. The van der Waals surface area contributed by atoms with E-state index in [1.54, 1.807) is 26.1 Å². The lowest BCUT2D eigenvalue weighted by atomic mass is 10.3. The van der Waals surface area contributed by atoms with Crippen LogP contribution in [0.4, 0.5) is 11.5 Å². The monoisotopic (exact) mass is 524 g/mol. The van der Waals surface area contributed by atoms with Gasteiger partial charge in [0, 0.05) is 30.2 Å². The Morgan fingerprint density at radius 1 is 1.06 bits per heavy atom. The van der Waals surface area contributed by atoms with Gasteiger partial charge in [0.1, 0.15) is 17.3 Å². The molecule has 0 unspecified atom stereocenters. The summed E-state index contributed by atoms with van der Waals surface area (Å²) in [6.07, 6.45) is 1.69. The van der Waals surface area contributed by atoms with Crippen molar-refractivity contribution in [1.29, 1.82) is 0 Å². The maximum atomic E-state index is 12.7. The number of pyridine rings is 1. The van der Waals surface area contributed by atoms with Crippen LogP contribution >= 0.6 is 11.8 Å². The van der Waals surface area contributed by atoms with Crippen molar-refractivity contribution in [3.63, 3.8) is 0 Å². The molecule has 4 rings (SSSR count). The summed E-state index contributed by atoms with van der Waals surface area (Å²) < 4.78 is 29.7. The molecule has 0 atom stereocenters. The van der Waals surface area contributed by atoms with Crippen molar-refractivity contribution in [2.24, 2.45) is 0 Å². The molecule has 0 spiro atoms. The van der Waals surface area contributed by atoms with E-state index in [9.17, 15) is 13.2 Å². The summed E-state index contributed by atoms with van der Waals surface area (Å²) in [6, 6.07) is 13.0. The third-order valence-corrected chi connectivity index (χ3v) is 7.25. The Bertz CT molecular complexity index is 1450. The summed E-state index contributed by atoms with van der Waals surface area (Å²) in [4.78, 5) is 25.1. The van der Waals surface area contributed by atoms with Crippen LogP contribution in [0, 0.1) is 13.8 Å². The Morgan fingerprint density at radius 2 is 1.83 bits per heavy atom. The number of benzene rings is 1. The molecule has 4 aromatic rings. The number of aryl methyl sites for hydroxylation is 2. The van der Waals surface area contributed by atoms with Crippen molar-refractivity contribution in [2.45, 2.75) is 37.4 Å². The van der Waals surface area contributed by atoms with Gasteiger partial charge in [0.25, 0.3) is 10.0 Å². The fraction of sp³-hybridized carbons (Fsp3) is 0.217. The average Bonchev–Trinajstić information content (AvgIpc) is 3.25. The van der Waals surface area contributed by atoms with Gasteiger partial charge >= 0.3 is 0 Å². The molecule has 0 fully saturated rings. The predicted octanol–water partition coefficient (Wildman–Crippen LogP) is 3.30. The summed E-state index contributed by atoms with van der Waals surface area (Å²) in [7, 11) is -3.85.